The SMILES string of the molecule is CC1CCC2N(S(=O)(=O)c3ccccc3)CCC2(C)C1. The highest BCUT2D eigenvalue weighted by Crippen LogP contribution is 2.49. The Labute approximate surface area is 122 Å². The van der Waals surface area contributed by atoms with Crippen molar-refractivity contribution < 1.29 is 8.42 Å². The van der Waals surface area contributed by atoms with Crippen LogP contribution in [-0.4, -0.2) is 25.3 Å². The van der Waals surface area contributed by atoms with Crippen molar-refractivity contribution in [3.05, 3.63) is 30.3 Å². The summed E-state index contributed by atoms with van der Waals surface area (Å²) in [7, 11) is -3.33. The molecule has 1 aliphatic heterocycles. The van der Waals surface area contributed by atoms with Crippen molar-refractivity contribution in [3.8, 4) is 0 Å². The standard InChI is InChI=1S/C16H23NO2S/c1-13-8-9-15-16(2,12-13)10-11-17(15)20(18,19)14-6-4-3-5-7-14/h3-7,13,15H,8-12H2,1-2H3. The number of fused-ring (bicyclic) bond motifs is 1. The quantitative estimate of drug-likeness (QED) is 0.839. The second-order valence-corrected chi connectivity index (χ2v) is 8.63. The molecule has 0 amide bonds. The molecule has 0 aromatic heterocycles. The molecule has 4 heteroatoms. The molecule has 3 rings (SSSR count). The van der Waals surface area contributed by atoms with Gasteiger partial charge in [0.05, 0.1) is 4.90 Å². The molecule has 3 atom stereocenters. The minimum absolute atomic E-state index is 0.166. The summed E-state index contributed by atoms with van der Waals surface area (Å²) >= 11 is 0. The third kappa shape index (κ3) is 2.19. The Morgan fingerprint density at radius 1 is 1.20 bits per heavy atom. The minimum Gasteiger partial charge on any atom is -0.207 e. The average molecular weight is 293 g/mol. The van der Waals surface area contributed by atoms with Gasteiger partial charge in [0.15, 0.2) is 0 Å². The highest BCUT2D eigenvalue weighted by Gasteiger charge is 2.50. The second-order valence-electron chi connectivity index (χ2n) is 6.74. The van der Waals surface area contributed by atoms with Crippen molar-refractivity contribution in [3.63, 3.8) is 0 Å². The van der Waals surface area contributed by atoms with Crippen molar-refractivity contribution >= 4 is 10.0 Å². The lowest BCUT2D eigenvalue weighted by atomic mass is 9.68. The fraction of sp³-hybridized carbons (Fsp3) is 0.625. The maximum absolute atomic E-state index is 12.8. The monoisotopic (exact) mass is 293 g/mol. The summed E-state index contributed by atoms with van der Waals surface area (Å²) in [6.45, 7) is 5.23. The number of hydrogen-bond donors (Lipinski definition) is 0. The van der Waals surface area contributed by atoms with Gasteiger partial charge in [0.25, 0.3) is 0 Å². The van der Waals surface area contributed by atoms with Crippen molar-refractivity contribution in [1.82, 2.24) is 4.31 Å². The highest BCUT2D eigenvalue weighted by molar-refractivity contribution is 7.89. The lowest BCUT2D eigenvalue weighted by Gasteiger charge is -2.41. The van der Waals surface area contributed by atoms with Gasteiger partial charge in [-0.1, -0.05) is 32.0 Å². The molecule has 3 nitrogen and oxygen atoms in total. The number of rotatable bonds is 2. The van der Waals surface area contributed by atoms with Gasteiger partial charge in [-0.05, 0) is 49.1 Å². The van der Waals surface area contributed by atoms with E-state index in [2.05, 4.69) is 13.8 Å². The summed E-state index contributed by atoms with van der Waals surface area (Å²) in [6, 6.07) is 9.04. The van der Waals surface area contributed by atoms with Crippen LogP contribution in [0.3, 0.4) is 0 Å². The van der Waals surface area contributed by atoms with E-state index < -0.39 is 10.0 Å². The van der Waals surface area contributed by atoms with Crippen LogP contribution in [0.15, 0.2) is 35.2 Å². The van der Waals surface area contributed by atoms with Crippen LogP contribution in [0.25, 0.3) is 0 Å². The lowest BCUT2D eigenvalue weighted by Crippen LogP contribution is -2.44. The first-order chi connectivity index (χ1) is 9.43. The predicted octanol–water partition coefficient (Wildman–Crippen LogP) is 3.28. The van der Waals surface area contributed by atoms with Crippen molar-refractivity contribution in [2.45, 2.75) is 50.5 Å². The van der Waals surface area contributed by atoms with Crippen LogP contribution in [0.4, 0.5) is 0 Å². The Hall–Kier alpha value is -0.870. The summed E-state index contributed by atoms with van der Waals surface area (Å²) in [6.07, 6.45) is 4.29. The van der Waals surface area contributed by atoms with Crippen LogP contribution < -0.4 is 0 Å². The fourth-order valence-corrected chi connectivity index (χ4v) is 5.92. The molecule has 2 aliphatic rings. The summed E-state index contributed by atoms with van der Waals surface area (Å²) in [5.74, 6) is 0.718. The summed E-state index contributed by atoms with van der Waals surface area (Å²) in [5, 5.41) is 0. The molecule has 1 heterocycles. The van der Waals surface area contributed by atoms with Crippen molar-refractivity contribution in [1.29, 1.82) is 0 Å². The molecule has 2 fully saturated rings. The molecular formula is C16H23NO2S. The van der Waals surface area contributed by atoms with E-state index in [9.17, 15) is 8.42 Å². The lowest BCUT2D eigenvalue weighted by molar-refractivity contribution is 0.124. The summed E-state index contributed by atoms with van der Waals surface area (Å²) in [4.78, 5) is 0.433. The van der Waals surface area contributed by atoms with E-state index in [0.717, 1.165) is 31.6 Å². The van der Waals surface area contributed by atoms with Crippen LogP contribution in [-0.2, 0) is 10.0 Å². The van der Waals surface area contributed by atoms with Gasteiger partial charge in [0.1, 0.15) is 0 Å². The average Bonchev–Trinajstić information content (AvgIpc) is 2.76. The maximum atomic E-state index is 12.8. The van der Waals surface area contributed by atoms with Gasteiger partial charge in [0.2, 0.25) is 10.0 Å². The van der Waals surface area contributed by atoms with Crippen LogP contribution in [0.5, 0.6) is 0 Å². The van der Waals surface area contributed by atoms with E-state index in [1.54, 1.807) is 28.6 Å². The number of benzene rings is 1. The Morgan fingerprint density at radius 2 is 1.90 bits per heavy atom. The number of nitrogens with zero attached hydrogens (tertiary/aromatic N) is 1. The normalized spacial score (nSPS) is 34.9. The first-order valence-electron chi connectivity index (χ1n) is 7.50. The van der Waals surface area contributed by atoms with Gasteiger partial charge in [-0.2, -0.15) is 4.31 Å². The van der Waals surface area contributed by atoms with Crippen LogP contribution in [0, 0.1) is 11.3 Å². The fourth-order valence-electron chi connectivity index (χ4n) is 4.12. The van der Waals surface area contributed by atoms with Gasteiger partial charge in [-0.25, -0.2) is 8.42 Å². The maximum Gasteiger partial charge on any atom is 0.243 e. The molecule has 1 aromatic rings. The Bertz CT molecular complexity index is 584. The summed E-state index contributed by atoms with van der Waals surface area (Å²) < 4.78 is 27.5. The topological polar surface area (TPSA) is 37.4 Å². The predicted molar refractivity (Wildman–Crippen MR) is 79.9 cm³/mol. The third-order valence-corrected chi connectivity index (χ3v) is 7.08. The van der Waals surface area contributed by atoms with E-state index >= 15 is 0 Å². The zero-order chi connectivity index (χ0) is 14.4. The Kier molecular flexibility index (Phi) is 3.41. The molecule has 1 aromatic carbocycles. The number of sulfonamides is 1. The largest absolute Gasteiger partial charge is 0.243 e. The zero-order valence-corrected chi connectivity index (χ0v) is 13.1. The van der Waals surface area contributed by atoms with E-state index in [1.165, 1.54) is 0 Å². The smallest absolute Gasteiger partial charge is 0.207 e. The molecule has 20 heavy (non-hydrogen) atoms. The zero-order valence-electron chi connectivity index (χ0n) is 12.2. The molecule has 0 radical (unpaired) electrons. The van der Waals surface area contributed by atoms with Gasteiger partial charge < -0.3 is 0 Å². The molecule has 0 bridgehead atoms. The van der Waals surface area contributed by atoms with Gasteiger partial charge >= 0.3 is 0 Å². The first kappa shape index (κ1) is 14.1. The summed E-state index contributed by atoms with van der Waals surface area (Å²) in [5.41, 5.74) is 0.166. The van der Waals surface area contributed by atoms with Crippen molar-refractivity contribution in [2.24, 2.45) is 11.3 Å². The van der Waals surface area contributed by atoms with Gasteiger partial charge in [0, 0.05) is 12.6 Å². The molecule has 0 spiro atoms. The minimum atomic E-state index is -3.33. The van der Waals surface area contributed by atoms with Gasteiger partial charge in [-0.15, -0.1) is 0 Å². The van der Waals surface area contributed by atoms with E-state index in [4.69, 9.17) is 0 Å². The van der Waals surface area contributed by atoms with Gasteiger partial charge in [-0.3, -0.25) is 0 Å². The second kappa shape index (κ2) is 4.85. The Morgan fingerprint density at radius 3 is 2.60 bits per heavy atom. The van der Waals surface area contributed by atoms with E-state index in [0.29, 0.717) is 11.4 Å². The molecule has 110 valence electrons. The van der Waals surface area contributed by atoms with Crippen LogP contribution in [0.2, 0.25) is 0 Å². The van der Waals surface area contributed by atoms with Crippen LogP contribution in [0.1, 0.15) is 39.5 Å². The third-order valence-electron chi connectivity index (χ3n) is 5.15. The number of hydrogen-bond acceptors (Lipinski definition) is 2. The molecule has 1 aliphatic carbocycles. The van der Waals surface area contributed by atoms with Crippen molar-refractivity contribution in [2.75, 3.05) is 6.54 Å². The van der Waals surface area contributed by atoms with Crippen LogP contribution >= 0.6 is 0 Å². The molecule has 0 N–H and O–H groups in total. The first-order valence-corrected chi connectivity index (χ1v) is 8.94. The molecular weight excluding hydrogens is 270 g/mol. The molecule has 1 saturated carbocycles. The van der Waals surface area contributed by atoms with E-state index in [-0.39, 0.29) is 11.5 Å². The molecule has 1 saturated heterocycles. The highest BCUT2D eigenvalue weighted by atomic mass is 32.2. The van der Waals surface area contributed by atoms with E-state index in [1.807, 2.05) is 6.07 Å². The Balaban J connectivity index is 1.93. The molecule has 3 unspecified atom stereocenters.